The van der Waals surface area contributed by atoms with Gasteiger partial charge in [0, 0.05) is 77.8 Å². The Balaban J connectivity index is 0.726. The maximum atomic E-state index is 13.7. The van der Waals surface area contributed by atoms with Crippen molar-refractivity contribution in [1.82, 2.24) is 34.9 Å². The second-order valence-corrected chi connectivity index (χ2v) is 28.2. The van der Waals surface area contributed by atoms with E-state index >= 15 is 0 Å². The van der Waals surface area contributed by atoms with Crippen molar-refractivity contribution in [2.45, 2.75) is 115 Å². The van der Waals surface area contributed by atoms with E-state index in [1.807, 2.05) is 35.9 Å². The molecule has 0 radical (unpaired) electrons. The number of carbonyl (C=O) groups is 5. The van der Waals surface area contributed by atoms with E-state index in [0.29, 0.717) is 50.5 Å². The molecule has 7 aromatic rings. The molecule has 94 heavy (non-hydrogen) atoms. The lowest BCUT2D eigenvalue weighted by Gasteiger charge is -2.69. The number of anilines is 1. The van der Waals surface area contributed by atoms with E-state index in [1.165, 1.54) is 34.4 Å². The van der Waals surface area contributed by atoms with Gasteiger partial charge in [-0.15, -0.1) is 0 Å². The van der Waals surface area contributed by atoms with Gasteiger partial charge in [-0.2, -0.15) is 13.5 Å². The fraction of sp³-hybridized carbons (Fsp3) is 0.453. The van der Waals surface area contributed by atoms with Gasteiger partial charge >= 0.3 is 18.0 Å². The summed E-state index contributed by atoms with van der Waals surface area (Å²) in [5.41, 5.74) is 9.01. The number of hydrogen-bond acceptors (Lipinski definition) is 22. The van der Waals surface area contributed by atoms with Crippen molar-refractivity contribution in [3.8, 4) is 33.9 Å². The number of carbonyl (C=O) groups excluding carboxylic acids is 3. The molecule has 0 spiro atoms. The zero-order valence-electron chi connectivity index (χ0n) is 51.8. The molecule has 3 aromatic carbocycles. The number of ether oxygens (including phenoxy) is 6. The minimum Gasteiger partial charge on any atom is -0.491 e. The van der Waals surface area contributed by atoms with Crippen LogP contribution in [0.25, 0.3) is 43.5 Å². The van der Waals surface area contributed by atoms with E-state index in [9.17, 15) is 57.9 Å². The molecule has 3 amide bonds. The average molecular weight is 1340 g/mol. The van der Waals surface area contributed by atoms with Gasteiger partial charge in [0.1, 0.15) is 49.1 Å². The maximum absolute atomic E-state index is 13.7. The standard InChI is InChI=1S/C64H73N9O19S2/c1-35-42(39-14-15-44(69-49(39)56(79)80)37-22-41-40(8-7-10-45(41)67-24-37)54(77)71-59-70-46-9-5-6-11-48(46)93-59)25-68-73(35)34-63-29-61(2)28-62(3,30-63)32-64(31-61,33-63)90-19-17-72(4)60(83)89-26-36-12-13-38(88-21-20-87-18-16-66-55(78)43(65)27-94(84,85)86)23-47(36)91-58-52(76)50(74)51(75)53(92-58)57(81)82/h5-15,22-25,43,50-53,58,74-76H,16-21,26-34,65H2,1-4H3,(H,66,78)(H,79,80)(H,81,82)(H,70,71,77)(H,84,85,86)/t43-,50-,51-,52+,53-,58+,61?,62?,63?,64?/m0/s1. The molecule has 1 aliphatic heterocycles. The monoisotopic (exact) mass is 1340 g/mol. The van der Waals surface area contributed by atoms with Crippen molar-refractivity contribution in [1.29, 1.82) is 0 Å². The van der Waals surface area contributed by atoms with E-state index in [-0.39, 0.29) is 84.4 Å². The lowest BCUT2D eigenvalue weighted by molar-refractivity contribution is -0.271. The highest BCUT2D eigenvalue weighted by Crippen LogP contribution is 2.72. The number of likely N-dealkylation sites (N-methyl/N-ethyl adjacent to an activating group) is 1. The number of fused-ring (bicyclic) bond motifs is 2. The second-order valence-electron chi connectivity index (χ2n) is 25.7. The van der Waals surface area contributed by atoms with Crippen molar-refractivity contribution in [3.63, 3.8) is 0 Å². The van der Waals surface area contributed by atoms with Crippen molar-refractivity contribution >= 4 is 77.6 Å². The fourth-order valence-electron chi connectivity index (χ4n) is 14.8. The van der Waals surface area contributed by atoms with Crippen molar-refractivity contribution < 1.29 is 90.9 Å². The molecule has 28 nitrogen and oxygen atoms in total. The number of benzene rings is 3. The third-order valence-corrected chi connectivity index (χ3v) is 19.5. The number of aliphatic hydroxyl groups is 3. The van der Waals surface area contributed by atoms with Crippen molar-refractivity contribution in [2.24, 2.45) is 22.0 Å². The van der Waals surface area contributed by atoms with E-state index < -0.39 is 88.8 Å². The third-order valence-electron chi connectivity index (χ3n) is 17.8. The number of pyridine rings is 2. The number of aromatic nitrogens is 5. The van der Waals surface area contributed by atoms with Crippen LogP contribution in [0.1, 0.15) is 84.5 Å². The molecular weight excluding hydrogens is 1260 g/mol. The van der Waals surface area contributed by atoms with Crippen LogP contribution in [0.4, 0.5) is 9.93 Å². The summed E-state index contributed by atoms with van der Waals surface area (Å²) in [6.45, 7) is 6.89. The van der Waals surface area contributed by atoms with Gasteiger partial charge < -0.3 is 69.9 Å². The molecule has 5 aliphatic rings. The van der Waals surface area contributed by atoms with Crippen LogP contribution in [0.5, 0.6) is 11.5 Å². The number of carboxylic acid groups (broad SMARTS) is 2. The molecule has 1 saturated heterocycles. The Hall–Kier alpha value is -8.30. The summed E-state index contributed by atoms with van der Waals surface area (Å²) in [5.74, 6) is -4.94. The highest BCUT2D eigenvalue weighted by atomic mass is 32.2. The predicted molar refractivity (Wildman–Crippen MR) is 338 cm³/mol. The topological polar surface area (TPSA) is 406 Å². The highest BCUT2D eigenvalue weighted by Gasteiger charge is 2.66. The molecule has 30 heteroatoms. The smallest absolute Gasteiger partial charge is 0.409 e. The Bertz CT molecular complexity index is 4120. The van der Waals surface area contributed by atoms with Crippen LogP contribution in [0.3, 0.4) is 0 Å². The van der Waals surface area contributed by atoms with Crippen LogP contribution in [0.2, 0.25) is 0 Å². The lowest BCUT2D eigenvalue weighted by atomic mass is 9.39. The zero-order chi connectivity index (χ0) is 67.1. The summed E-state index contributed by atoms with van der Waals surface area (Å²) in [6.07, 6.45) is -1.90. The normalized spacial score (nSPS) is 25.0. The van der Waals surface area contributed by atoms with E-state index in [1.54, 1.807) is 55.8 Å². The molecule has 2 unspecified atom stereocenters. The van der Waals surface area contributed by atoms with Crippen molar-refractivity contribution in [2.75, 3.05) is 57.6 Å². The highest BCUT2D eigenvalue weighted by molar-refractivity contribution is 7.85. The number of amides is 3. The summed E-state index contributed by atoms with van der Waals surface area (Å²) < 4.78 is 69.2. The van der Waals surface area contributed by atoms with Gasteiger partial charge in [-0.05, 0) is 116 Å². The summed E-state index contributed by atoms with van der Waals surface area (Å²) in [7, 11) is -2.91. The first-order valence-electron chi connectivity index (χ1n) is 30.4. The molecule has 8 atom stereocenters. The number of hydrogen-bond donors (Lipinski definition) is 9. The third kappa shape index (κ3) is 14.8. The molecule has 4 saturated carbocycles. The molecule has 4 aromatic heterocycles. The summed E-state index contributed by atoms with van der Waals surface area (Å²) in [4.78, 5) is 79.7. The second kappa shape index (κ2) is 26.8. The molecule has 12 rings (SSSR count). The van der Waals surface area contributed by atoms with Gasteiger partial charge in [0.05, 0.1) is 58.8 Å². The molecule has 5 heterocycles. The number of aliphatic hydroxyl groups excluding tert-OH is 3. The number of carboxylic acids is 2. The molecule has 10 N–H and O–H groups in total. The summed E-state index contributed by atoms with van der Waals surface area (Å²) in [6, 6.07) is 21.0. The lowest BCUT2D eigenvalue weighted by Crippen LogP contribution is -2.64. The fourth-order valence-corrected chi connectivity index (χ4v) is 16.3. The summed E-state index contributed by atoms with van der Waals surface area (Å²) >= 11 is 1.37. The van der Waals surface area contributed by atoms with Gasteiger partial charge in [0.25, 0.3) is 16.0 Å². The number of aromatic carboxylic acids is 1. The van der Waals surface area contributed by atoms with Crippen LogP contribution in [0.15, 0.2) is 91.3 Å². The first kappa shape index (κ1) is 67.1. The molecule has 4 aliphatic carbocycles. The first-order chi connectivity index (χ1) is 44.6. The quantitative estimate of drug-likeness (QED) is 0.0241. The van der Waals surface area contributed by atoms with Crippen LogP contribution in [-0.2, 0) is 51.8 Å². The minimum absolute atomic E-state index is 0.0106. The maximum Gasteiger partial charge on any atom is 0.409 e. The SMILES string of the molecule is Cc1c(-c2ccc(-c3cnc4cccc(C(=O)Nc5nc6ccccc6s5)c4c3)nc2C(=O)O)cnn1CC12CC3(C)CC(C)(C1)CC(OCCN(C)C(=O)OCc1ccc(OCCOCCNC(=O)[C@@H](N)CS(=O)(=O)O)cc1O[C@@H]1O[C@H](C(=O)O)[C@@H](O)[C@H](O)[C@H]1O)(C3)C2. The number of nitrogens with zero attached hydrogens (tertiary/aromatic N) is 6. The number of rotatable bonds is 26. The van der Waals surface area contributed by atoms with Crippen LogP contribution < -0.4 is 25.8 Å². The minimum atomic E-state index is -4.47. The largest absolute Gasteiger partial charge is 0.491 e. The summed E-state index contributed by atoms with van der Waals surface area (Å²) in [5, 5.41) is 63.2. The van der Waals surface area contributed by atoms with Gasteiger partial charge in [0.2, 0.25) is 12.2 Å². The average Bonchev–Trinajstić information content (AvgIpc) is 0.723. The number of thiazole rings is 1. The van der Waals surface area contributed by atoms with Gasteiger partial charge in [0.15, 0.2) is 16.9 Å². The number of nitrogens with one attached hydrogen (secondary N) is 2. The first-order valence-corrected chi connectivity index (χ1v) is 32.8. The number of aliphatic carboxylic acids is 1. The zero-order valence-corrected chi connectivity index (χ0v) is 53.4. The molecule has 500 valence electrons. The molecule has 4 bridgehead atoms. The van der Waals surface area contributed by atoms with Crippen molar-refractivity contribution in [3.05, 3.63) is 114 Å². The molecule has 5 fully saturated rings. The van der Waals surface area contributed by atoms with E-state index in [4.69, 9.17) is 43.8 Å². The Morgan fingerprint density at radius 1 is 0.851 bits per heavy atom. The van der Waals surface area contributed by atoms with Crippen LogP contribution >= 0.6 is 11.3 Å². The van der Waals surface area contributed by atoms with Gasteiger partial charge in [-0.1, -0.05) is 43.4 Å². The Labute approximate surface area is 543 Å². The predicted octanol–water partition coefficient (Wildman–Crippen LogP) is 5.43. The number of para-hydroxylation sites is 1. The number of nitrogens with two attached hydrogens (primary N) is 1. The van der Waals surface area contributed by atoms with E-state index in [0.717, 1.165) is 54.4 Å². The Morgan fingerprint density at radius 3 is 2.34 bits per heavy atom. The Kier molecular flexibility index (Phi) is 19.2. The van der Waals surface area contributed by atoms with Gasteiger partial charge in [-0.3, -0.25) is 29.1 Å². The van der Waals surface area contributed by atoms with E-state index in [2.05, 4.69) is 39.4 Å². The Morgan fingerprint density at radius 2 is 1.61 bits per heavy atom. The van der Waals surface area contributed by atoms with Crippen LogP contribution in [-0.4, -0.2) is 193 Å². The van der Waals surface area contributed by atoms with Crippen LogP contribution in [0, 0.1) is 23.2 Å². The molecular formula is C64H73N9O19S2. The van der Waals surface area contributed by atoms with Gasteiger partial charge in [-0.25, -0.2) is 24.4 Å².